The van der Waals surface area contributed by atoms with Crippen LogP contribution in [0, 0.1) is 5.92 Å². The zero-order valence-electron chi connectivity index (χ0n) is 7.29. The molecule has 1 saturated heterocycles. The normalized spacial score (nSPS) is 40.9. The van der Waals surface area contributed by atoms with Gasteiger partial charge in [0.1, 0.15) is 0 Å². The summed E-state index contributed by atoms with van der Waals surface area (Å²) in [6.07, 6.45) is 4.25. The van der Waals surface area contributed by atoms with Crippen molar-refractivity contribution >= 4 is 0 Å². The van der Waals surface area contributed by atoms with Gasteiger partial charge in [-0.15, -0.1) is 0 Å². The summed E-state index contributed by atoms with van der Waals surface area (Å²) >= 11 is 0. The van der Waals surface area contributed by atoms with Crippen molar-refractivity contribution in [2.45, 2.75) is 38.3 Å². The van der Waals surface area contributed by atoms with Crippen molar-refractivity contribution in [1.29, 1.82) is 0 Å². The first-order valence-electron chi connectivity index (χ1n) is 4.75. The second kappa shape index (κ2) is 2.76. The Balaban J connectivity index is 1.79. The Hall–Kier alpha value is -0.0800. The predicted molar refractivity (Wildman–Crippen MR) is 46.4 cm³/mol. The van der Waals surface area contributed by atoms with E-state index < -0.39 is 0 Å². The molecule has 2 rings (SSSR count). The fourth-order valence-electron chi connectivity index (χ4n) is 2.36. The van der Waals surface area contributed by atoms with E-state index >= 15 is 0 Å². The van der Waals surface area contributed by atoms with Crippen molar-refractivity contribution in [1.82, 2.24) is 4.90 Å². The molecule has 0 radical (unpaired) electrons. The van der Waals surface area contributed by atoms with Crippen LogP contribution in [0.1, 0.15) is 26.2 Å². The van der Waals surface area contributed by atoms with Crippen molar-refractivity contribution < 1.29 is 0 Å². The fraction of sp³-hybridized carbons (Fsp3) is 1.00. The van der Waals surface area contributed by atoms with E-state index in [1.807, 2.05) is 0 Å². The van der Waals surface area contributed by atoms with E-state index in [2.05, 4.69) is 11.8 Å². The highest BCUT2D eigenvalue weighted by Gasteiger charge is 2.33. The van der Waals surface area contributed by atoms with Gasteiger partial charge in [-0.25, -0.2) is 0 Å². The van der Waals surface area contributed by atoms with Crippen LogP contribution < -0.4 is 5.73 Å². The Morgan fingerprint density at radius 3 is 2.45 bits per heavy atom. The van der Waals surface area contributed by atoms with Gasteiger partial charge in [-0.1, -0.05) is 6.92 Å². The van der Waals surface area contributed by atoms with Crippen molar-refractivity contribution in [3.8, 4) is 0 Å². The predicted octanol–water partition coefficient (Wildman–Crippen LogP) is 0.818. The quantitative estimate of drug-likeness (QED) is 0.606. The molecule has 0 spiro atoms. The summed E-state index contributed by atoms with van der Waals surface area (Å²) in [4.78, 5) is 2.55. The monoisotopic (exact) mass is 154 g/mol. The summed E-state index contributed by atoms with van der Waals surface area (Å²) in [5, 5.41) is 0. The molecule has 1 saturated carbocycles. The molecule has 2 heteroatoms. The number of hydrogen-bond donors (Lipinski definition) is 1. The molecule has 1 heterocycles. The lowest BCUT2D eigenvalue weighted by Crippen LogP contribution is -2.58. The molecule has 2 N–H and O–H groups in total. The largest absolute Gasteiger partial charge is 0.325 e. The average Bonchev–Trinajstić information content (AvgIpc) is 2.29. The fourth-order valence-corrected chi connectivity index (χ4v) is 2.36. The third-order valence-corrected chi connectivity index (χ3v) is 3.12. The molecule has 0 bridgehead atoms. The van der Waals surface area contributed by atoms with Crippen LogP contribution in [-0.4, -0.2) is 30.1 Å². The number of rotatable bonds is 1. The number of hydrogen-bond acceptors (Lipinski definition) is 2. The van der Waals surface area contributed by atoms with Crippen LogP contribution in [0.4, 0.5) is 0 Å². The molecule has 0 amide bonds. The van der Waals surface area contributed by atoms with Gasteiger partial charge >= 0.3 is 0 Å². The van der Waals surface area contributed by atoms with Crippen molar-refractivity contribution in [3.05, 3.63) is 0 Å². The maximum atomic E-state index is 5.73. The van der Waals surface area contributed by atoms with E-state index in [1.165, 1.54) is 19.3 Å². The van der Waals surface area contributed by atoms with Crippen molar-refractivity contribution in [2.24, 2.45) is 11.7 Å². The minimum atomic E-state index is 0.478. The molecule has 64 valence electrons. The first-order valence-corrected chi connectivity index (χ1v) is 4.75. The smallest absolute Gasteiger partial charge is 0.0297 e. The second-order valence-corrected chi connectivity index (χ2v) is 4.29. The van der Waals surface area contributed by atoms with Gasteiger partial charge in [0.25, 0.3) is 0 Å². The minimum Gasteiger partial charge on any atom is -0.325 e. The van der Waals surface area contributed by atoms with Crippen LogP contribution in [0.25, 0.3) is 0 Å². The highest BCUT2D eigenvalue weighted by atomic mass is 15.2. The molecule has 2 fully saturated rings. The van der Waals surface area contributed by atoms with Crippen LogP contribution in [0.15, 0.2) is 0 Å². The maximum absolute atomic E-state index is 5.73. The summed E-state index contributed by atoms with van der Waals surface area (Å²) in [5.74, 6) is 0.955. The Kier molecular flexibility index (Phi) is 1.90. The third-order valence-electron chi connectivity index (χ3n) is 3.12. The molecule has 11 heavy (non-hydrogen) atoms. The standard InChI is InChI=1S/C9H18N2/c1-7-2-3-9(4-7)11-5-8(10)6-11/h7-9H,2-6,10H2,1H3. The molecular weight excluding hydrogens is 136 g/mol. The lowest BCUT2D eigenvalue weighted by atomic mass is 10.0. The van der Waals surface area contributed by atoms with Crippen LogP contribution in [0.3, 0.4) is 0 Å². The van der Waals surface area contributed by atoms with Gasteiger partial charge in [-0.2, -0.15) is 0 Å². The molecular formula is C9H18N2. The lowest BCUT2D eigenvalue weighted by Gasteiger charge is -2.41. The zero-order chi connectivity index (χ0) is 7.84. The number of nitrogens with two attached hydrogens (primary N) is 1. The highest BCUT2D eigenvalue weighted by molar-refractivity contribution is 4.91. The van der Waals surface area contributed by atoms with Gasteiger partial charge in [-0.05, 0) is 25.2 Å². The molecule has 0 aromatic rings. The second-order valence-electron chi connectivity index (χ2n) is 4.29. The molecule has 2 atom stereocenters. The van der Waals surface area contributed by atoms with Gasteiger partial charge in [0.2, 0.25) is 0 Å². The lowest BCUT2D eigenvalue weighted by molar-refractivity contribution is 0.0950. The van der Waals surface area contributed by atoms with Crippen LogP contribution >= 0.6 is 0 Å². The van der Waals surface area contributed by atoms with Crippen LogP contribution in [0.5, 0.6) is 0 Å². The van der Waals surface area contributed by atoms with Gasteiger partial charge in [0.15, 0.2) is 0 Å². The van der Waals surface area contributed by atoms with E-state index in [4.69, 9.17) is 5.73 Å². The van der Waals surface area contributed by atoms with E-state index in [9.17, 15) is 0 Å². The number of likely N-dealkylation sites (tertiary alicyclic amines) is 1. The highest BCUT2D eigenvalue weighted by Crippen LogP contribution is 2.30. The molecule has 2 unspecified atom stereocenters. The Bertz CT molecular complexity index is 140. The van der Waals surface area contributed by atoms with E-state index in [1.54, 1.807) is 0 Å². The minimum absolute atomic E-state index is 0.478. The van der Waals surface area contributed by atoms with Gasteiger partial charge in [-0.3, -0.25) is 4.90 Å². The number of nitrogens with zero attached hydrogens (tertiary/aromatic N) is 1. The summed E-state index contributed by atoms with van der Waals surface area (Å²) in [7, 11) is 0. The SMILES string of the molecule is CC1CCC(N2CC(N)C2)C1. The van der Waals surface area contributed by atoms with Crippen molar-refractivity contribution in [3.63, 3.8) is 0 Å². The van der Waals surface area contributed by atoms with Gasteiger partial charge in [0.05, 0.1) is 0 Å². The van der Waals surface area contributed by atoms with E-state index in [0.29, 0.717) is 6.04 Å². The van der Waals surface area contributed by atoms with E-state index in [-0.39, 0.29) is 0 Å². The third kappa shape index (κ3) is 1.42. The van der Waals surface area contributed by atoms with Gasteiger partial charge in [0, 0.05) is 25.2 Å². The summed E-state index contributed by atoms with van der Waals surface area (Å²) in [6.45, 7) is 4.66. The molecule has 1 aliphatic carbocycles. The maximum Gasteiger partial charge on any atom is 0.0297 e. The summed E-state index contributed by atoms with van der Waals surface area (Å²) in [6, 6.07) is 1.36. The van der Waals surface area contributed by atoms with Gasteiger partial charge < -0.3 is 5.73 Å². The zero-order valence-corrected chi connectivity index (χ0v) is 7.29. The first kappa shape index (κ1) is 7.56. The summed E-state index contributed by atoms with van der Waals surface area (Å²) in [5.41, 5.74) is 5.73. The Morgan fingerprint density at radius 1 is 1.27 bits per heavy atom. The average molecular weight is 154 g/mol. The molecule has 0 aromatic carbocycles. The Labute approximate surface area is 68.7 Å². The van der Waals surface area contributed by atoms with Crippen molar-refractivity contribution in [2.75, 3.05) is 13.1 Å². The molecule has 2 aliphatic rings. The summed E-state index contributed by atoms with van der Waals surface area (Å²) < 4.78 is 0. The molecule has 2 nitrogen and oxygen atoms in total. The van der Waals surface area contributed by atoms with E-state index in [0.717, 1.165) is 25.0 Å². The Morgan fingerprint density at radius 2 is 2.00 bits per heavy atom. The molecule has 1 aliphatic heterocycles. The topological polar surface area (TPSA) is 29.3 Å². The van der Waals surface area contributed by atoms with Crippen LogP contribution in [0.2, 0.25) is 0 Å². The van der Waals surface area contributed by atoms with Crippen LogP contribution in [-0.2, 0) is 0 Å². The first-order chi connectivity index (χ1) is 5.25. The molecule has 0 aromatic heterocycles.